The molecule has 0 saturated heterocycles. The van der Waals surface area contributed by atoms with Crippen molar-refractivity contribution in [1.29, 1.82) is 0 Å². The quantitative estimate of drug-likeness (QED) is 0.648. The summed E-state index contributed by atoms with van der Waals surface area (Å²) in [5.74, 6) is 0.807. The van der Waals surface area contributed by atoms with Gasteiger partial charge in [0.1, 0.15) is 10.6 Å². The van der Waals surface area contributed by atoms with Gasteiger partial charge in [0.25, 0.3) is 0 Å². The van der Waals surface area contributed by atoms with E-state index >= 15 is 0 Å². The fourth-order valence-corrected chi connectivity index (χ4v) is 3.76. The summed E-state index contributed by atoms with van der Waals surface area (Å²) in [7, 11) is 0. The summed E-state index contributed by atoms with van der Waals surface area (Å²) in [6, 6.07) is 6.78. The Bertz CT molecular complexity index is 839. The average molecular weight is 332 g/mol. The standard InChI is InChI=1S/C17H18ClN3S/c1-9(2)19-15-14-13(8-22-16(14)21-17(18)20-15)12-6-5-10(3)7-11(12)4/h5-9H,1-4H3,(H,19,20,21). The molecule has 22 heavy (non-hydrogen) atoms. The monoisotopic (exact) mass is 331 g/mol. The second-order valence-corrected chi connectivity index (χ2v) is 6.98. The molecule has 5 heteroatoms. The van der Waals surface area contributed by atoms with Crippen LogP contribution in [0.1, 0.15) is 25.0 Å². The lowest BCUT2D eigenvalue weighted by atomic mass is 9.99. The highest BCUT2D eigenvalue weighted by atomic mass is 35.5. The van der Waals surface area contributed by atoms with Crippen LogP contribution in [0.3, 0.4) is 0 Å². The molecule has 0 fully saturated rings. The second kappa shape index (κ2) is 5.86. The summed E-state index contributed by atoms with van der Waals surface area (Å²) in [5.41, 5.74) is 4.90. The van der Waals surface area contributed by atoms with Gasteiger partial charge in [-0.1, -0.05) is 23.8 Å². The van der Waals surface area contributed by atoms with Crippen LogP contribution < -0.4 is 5.32 Å². The van der Waals surface area contributed by atoms with E-state index in [9.17, 15) is 0 Å². The molecule has 0 atom stereocenters. The molecule has 0 spiro atoms. The smallest absolute Gasteiger partial charge is 0.225 e. The Morgan fingerprint density at radius 1 is 1.14 bits per heavy atom. The Kier molecular flexibility index (Phi) is 4.06. The highest BCUT2D eigenvalue weighted by Crippen LogP contribution is 2.39. The predicted octanol–water partition coefficient (Wildman–Crippen LogP) is 5.45. The van der Waals surface area contributed by atoms with E-state index in [0.29, 0.717) is 0 Å². The number of benzene rings is 1. The van der Waals surface area contributed by atoms with Crippen LogP contribution in [0.4, 0.5) is 5.82 Å². The van der Waals surface area contributed by atoms with Crippen LogP contribution in [0.15, 0.2) is 23.6 Å². The number of nitrogens with one attached hydrogen (secondary N) is 1. The van der Waals surface area contributed by atoms with Crippen molar-refractivity contribution in [3.63, 3.8) is 0 Å². The Morgan fingerprint density at radius 3 is 2.59 bits per heavy atom. The van der Waals surface area contributed by atoms with Crippen LogP contribution in [0.2, 0.25) is 5.28 Å². The van der Waals surface area contributed by atoms with Crippen LogP contribution >= 0.6 is 22.9 Å². The Labute approximate surface area is 139 Å². The summed E-state index contributed by atoms with van der Waals surface area (Å²) >= 11 is 7.66. The number of rotatable bonds is 3. The minimum Gasteiger partial charge on any atom is -0.367 e. The van der Waals surface area contributed by atoms with Gasteiger partial charge in [-0.15, -0.1) is 11.3 Å². The van der Waals surface area contributed by atoms with E-state index in [1.807, 2.05) is 0 Å². The van der Waals surface area contributed by atoms with E-state index in [0.717, 1.165) is 21.6 Å². The van der Waals surface area contributed by atoms with Gasteiger partial charge in [0.2, 0.25) is 5.28 Å². The first-order valence-corrected chi connectivity index (χ1v) is 8.50. The number of halogens is 1. The van der Waals surface area contributed by atoms with Crippen LogP contribution in [0, 0.1) is 13.8 Å². The van der Waals surface area contributed by atoms with Crippen LogP contribution in [-0.4, -0.2) is 16.0 Å². The zero-order chi connectivity index (χ0) is 15.9. The van der Waals surface area contributed by atoms with Crippen molar-refractivity contribution < 1.29 is 0 Å². The van der Waals surface area contributed by atoms with Gasteiger partial charge in [-0.05, 0) is 50.4 Å². The van der Waals surface area contributed by atoms with Gasteiger partial charge in [0.05, 0.1) is 5.39 Å². The van der Waals surface area contributed by atoms with Crippen molar-refractivity contribution in [2.45, 2.75) is 33.7 Å². The lowest BCUT2D eigenvalue weighted by Crippen LogP contribution is -2.11. The van der Waals surface area contributed by atoms with Gasteiger partial charge in [-0.2, -0.15) is 0 Å². The first-order chi connectivity index (χ1) is 10.5. The fourth-order valence-electron chi connectivity index (χ4n) is 2.61. The second-order valence-electron chi connectivity index (χ2n) is 5.79. The van der Waals surface area contributed by atoms with Gasteiger partial charge in [-0.25, -0.2) is 9.97 Å². The van der Waals surface area contributed by atoms with Gasteiger partial charge in [0.15, 0.2) is 0 Å². The molecule has 114 valence electrons. The molecule has 1 N–H and O–H groups in total. The Morgan fingerprint density at radius 2 is 1.91 bits per heavy atom. The third-order valence-corrected chi connectivity index (χ3v) is 4.55. The van der Waals surface area contributed by atoms with E-state index in [1.165, 1.54) is 16.7 Å². The first kappa shape index (κ1) is 15.3. The molecule has 0 unspecified atom stereocenters. The molecule has 2 aromatic heterocycles. The Hall–Kier alpha value is -1.65. The molecule has 2 heterocycles. The van der Waals surface area contributed by atoms with Crippen LogP contribution in [0.5, 0.6) is 0 Å². The molecule has 3 rings (SSSR count). The highest BCUT2D eigenvalue weighted by molar-refractivity contribution is 7.17. The highest BCUT2D eigenvalue weighted by Gasteiger charge is 2.16. The SMILES string of the molecule is Cc1ccc(-c2csc3nc(Cl)nc(NC(C)C)c23)c(C)c1. The number of aryl methyl sites for hydroxylation is 2. The van der Waals surface area contributed by atoms with Gasteiger partial charge in [0, 0.05) is 17.0 Å². The maximum Gasteiger partial charge on any atom is 0.225 e. The first-order valence-electron chi connectivity index (χ1n) is 7.24. The topological polar surface area (TPSA) is 37.8 Å². The molecule has 0 saturated carbocycles. The maximum absolute atomic E-state index is 6.06. The molecule has 0 aliphatic rings. The molecule has 0 bridgehead atoms. The van der Waals surface area contributed by atoms with E-state index in [1.54, 1.807) is 11.3 Å². The van der Waals surface area contributed by atoms with Crippen LogP contribution in [0.25, 0.3) is 21.3 Å². The van der Waals surface area contributed by atoms with Crippen molar-refractivity contribution >= 4 is 39.0 Å². The van der Waals surface area contributed by atoms with Gasteiger partial charge < -0.3 is 5.32 Å². The zero-order valence-electron chi connectivity index (χ0n) is 13.1. The summed E-state index contributed by atoms with van der Waals surface area (Å²) in [6.45, 7) is 8.42. The average Bonchev–Trinajstić information content (AvgIpc) is 2.81. The fraction of sp³-hybridized carbons (Fsp3) is 0.294. The normalized spacial score (nSPS) is 11.4. The largest absolute Gasteiger partial charge is 0.367 e. The number of nitrogens with zero attached hydrogens (tertiary/aromatic N) is 2. The molecule has 0 aliphatic heterocycles. The number of fused-ring (bicyclic) bond motifs is 1. The van der Waals surface area contributed by atoms with E-state index in [2.05, 4.69) is 66.6 Å². The molecule has 0 radical (unpaired) electrons. The number of hydrogen-bond donors (Lipinski definition) is 1. The summed E-state index contributed by atoms with van der Waals surface area (Å²) in [6.07, 6.45) is 0. The number of aromatic nitrogens is 2. The van der Waals surface area contributed by atoms with Crippen molar-refractivity contribution in [2.24, 2.45) is 0 Å². The van der Waals surface area contributed by atoms with Gasteiger partial charge in [-0.3, -0.25) is 0 Å². The molecule has 1 aromatic carbocycles. The third-order valence-electron chi connectivity index (χ3n) is 3.50. The lowest BCUT2D eigenvalue weighted by Gasteiger charge is -2.12. The molecule has 3 aromatic rings. The minimum atomic E-state index is 0.279. The molecular weight excluding hydrogens is 314 g/mol. The van der Waals surface area contributed by atoms with Crippen molar-refractivity contribution in [2.75, 3.05) is 5.32 Å². The molecule has 3 nitrogen and oxygen atoms in total. The summed E-state index contributed by atoms with van der Waals surface area (Å²) in [4.78, 5) is 9.68. The number of thiophene rings is 1. The third kappa shape index (κ3) is 2.81. The van der Waals surface area contributed by atoms with Crippen molar-refractivity contribution in [1.82, 2.24) is 9.97 Å². The summed E-state index contributed by atoms with van der Waals surface area (Å²) in [5, 5.41) is 6.86. The predicted molar refractivity (Wildman–Crippen MR) is 96.1 cm³/mol. The van der Waals surface area contributed by atoms with E-state index in [4.69, 9.17) is 11.6 Å². The minimum absolute atomic E-state index is 0.279. The number of hydrogen-bond acceptors (Lipinski definition) is 4. The lowest BCUT2D eigenvalue weighted by molar-refractivity contribution is 0.891. The molecule has 0 amide bonds. The van der Waals surface area contributed by atoms with Crippen molar-refractivity contribution in [3.8, 4) is 11.1 Å². The summed E-state index contributed by atoms with van der Waals surface area (Å²) < 4.78 is 0. The number of anilines is 1. The van der Waals surface area contributed by atoms with Crippen molar-refractivity contribution in [3.05, 3.63) is 40.0 Å². The Balaban J connectivity index is 2.26. The van der Waals surface area contributed by atoms with E-state index in [-0.39, 0.29) is 11.3 Å². The van der Waals surface area contributed by atoms with Crippen LogP contribution in [-0.2, 0) is 0 Å². The molecule has 0 aliphatic carbocycles. The van der Waals surface area contributed by atoms with Gasteiger partial charge >= 0.3 is 0 Å². The zero-order valence-corrected chi connectivity index (χ0v) is 14.6. The van der Waals surface area contributed by atoms with E-state index < -0.39 is 0 Å². The molecular formula is C17H18ClN3S. The maximum atomic E-state index is 6.06.